The first kappa shape index (κ1) is 7.95. The maximum Gasteiger partial charge on any atom is 0.233 e. The first-order valence-corrected chi connectivity index (χ1v) is 3.48. The molecule has 1 aromatic carbocycles. The van der Waals surface area contributed by atoms with Gasteiger partial charge in [-0.2, -0.15) is 0 Å². The average Bonchev–Trinajstić information content (AvgIpc) is 2.04. The van der Waals surface area contributed by atoms with Crippen molar-refractivity contribution in [1.29, 1.82) is 0 Å². The van der Waals surface area contributed by atoms with Crippen LogP contribution < -0.4 is 5.73 Å². The van der Waals surface area contributed by atoms with E-state index in [2.05, 4.69) is 0 Å². The molecule has 0 heterocycles. The molecular weight excluding hydrogens is 138 g/mol. The predicted molar refractivity (Wildman–Crippen MR) is 43.8 cm³/mol. The Morgan fingerprint density at radius 3 is 2.55 bits per heavy atom. The second-order valence-corrected chi connectivity index (χ2v) is 2.48. The van der Waals surface area contributed by atoms with Crippen molar-refractivity contribution in [3.05, 3.63) is 35.4 Å². The topological polar surface area (TPSA) is 43.1 Å². The zero-order chi connectivity index (χ0) is 8.27. The van der Waals surface area contributed by atoms with E-state index in [-0.39, 0.29) is 6.04 Å². The Labute approximate surface area is 66.0 Å². The number of nitrogens with two attached hydrogens (primary N) is 1. The fourth-order valence-corrected chi connectivity index (χ4v) is 0.987. The van der Waals surface area contributed by atoms with Crippen LogP contribution in [0.15, 0.2) is 24.3 Å². The predicted octanol–water partition coefficient (Wildman–Crippen LogP) is 1.16. The minimum absolute atomic E-state index is 0.104. The molecule has 0 aliphatic heterocycles. The lowest BCUT2D eigenvalue weighted by molar-refractivity contribution is 0.562. The molecule has 0 amide bonds. The summed E-state index contributed by atoms with van der Waals surface area (Å²) < 4.78 is 0. The summed E-state index contributed by atoms with van der Waals surface area (Å²) >= 11 is 0. The molecule has 2 nitrogen and oxygen atoms in total. The van der Waals surface area contributed by atoms with E-state index in [0.717, 1.165) is 5.56 Å². The molecule has 1 unspecified atom stereocenters. The minimum Gasteiger partial charge on any atom is -0.324 e. The molecule has 0 spiro atoms. The minimum atomic E-state index is -0.104. The summed E-state index contributed by atoms with van der Waals surface area (Å²) in [6.45, 7) is 1.84. The van der Waals surface area contributed by atoms with Gasteiger partial charge in [0.2, 0.25) is 6.29 Å². The van der Waals surface area contributed by atoms with E-state index >= 15 is 0 Å². The van der Waals surface area contributed by atoms with Gasteiger partial charge < -0.3 is 5.73 Å². The molecule has 2 N–H and O–H groups in total. The van der Waals surface area contributed by atoms with Gasteiger partial charge in [-0.3, -0.25) is 4.79 Å². The van der Waals surface area contributed by atoms with Crippen LogP contribution in [0.25, 0.3) is 0 Å². The maximum atomic E-state index is 10.4. The molecular formula is C9H10NO. The van der Waals surface area contributed by atoms with Gasteiger partial charge in [0.1, 0.15) is 0 Å². The van der Waals surface area contributed by atoms with Crippen LogP contribution >= 0.6 is 0 Å². The molecule has 0 bridgehead atoms. The van der Waals surface area contributed by atoms with Gasteiger partial charge in [-0.15, -0.1) is 0 Å². The van der Waals surface area contributed by atoms with Gasteiger partial charge in [0, 0.05) is 11.6 Å². The number of benzene rings is 1. The molecule has 1 aromatic rings. The quantitative estimate of drug-likeness (QED) is 0.684. The summed E-state index contributed by atoms with van der Waals surface area (Å²) in [5, 5.41) is 0. The second-order valence-electron chi connectivity index (χ2n) is 2.48. The highest BCUT2D eigenvalue weighted by Crippen LogP contribution is 2.12. The van der Waals surface area contributed by atoms with Crippen LogP contribution in [0.4, 0.5) is 0 Å². The van der Waals surface area contributed by atoms with Crippen molar-refractivity contribution in [2.45, 2.75) is 13.0 Å². The third kappa shape index (κ3) is 1.65. The molecule has 57 valence electrons. The van der Waals surface area contributed by atoms with Crippen LogP contribution in [-0.2, 0) is 4.79 Å². The van der Waals surface area contributed by atoms with Crippen LogP contribution in [0, 0.1) is 0 Å². The molecule has 0 aromatic heterocycles. The third-order valence-electron chi connectivity index (χ3n) is 1.56. The van der Waals surface area contributed by atoms with Crippen molar-refractivity contribution in [3.63, 3.8) is 0 Å². The van der Waals surface area contributed by atoms with E-state index in [0.29, 0.717) is 5.56 Å². The van der Waals surface area contributed by atoms with Crippen LogP contribution in [0.2, 0.25) is 0 Å². The molecule has 2 heteroatoms. The summed E-state index contributed by atoms with van der Waals surface area (Å²) in [5.41, 5.74) is 7.02. The molecule has 0 aliphatic carbocycles. The van der Waals surface area contributed by atoms with E-state index in [9.17, 15) is 4.79 Å². The van der Waals surface area contributed by atoms with Crippen LogP contribution in [0.1, 0.15) is 24.1 Å². The second kappa shape index (κ2) is 3.30. The molecule has 0 saturated carbocycles. The molecule has 1 rings (SSSR count). The lowest BCUT2D eigenvalue weighted by Gasteiger charge is -2.06. The fraction of sp³-hybridized carbons (Fsp3) is 0.222. The molecule has 0 aliphatic rings. The lowest BCUT2D eigenvalue weighted by Crippen LogP contribution is -2.07. The monoisotopic (exact) mass is 148 g/mol. The SMILES string of the molecule is CC(N)c1ccccc1[C]=O. The van der Waals surface area contributed by atoms with Gasteiger partial charge in [-0.1, -0.05) is 24.3 Å². The molecule has 11 heavy (non-hydrogen) atoms. The van der Waals surface area contributed by atoms with Crippen LogP contribution in [0.5, 0.6) is 0 Å². The van der Waals surface area contributed by atoms with Gasteiger partial charge in [-0.05, 0) is 12.5 Å². The van der Waals surface area contributed by atoms with Crippen molar-refractivity contribution >= 4 is 6.29 Å². The molecule has 1 radical (unpaired) electrons. The Kier molecular flexibility index (Phi) is 2.39. The Hall–Kier alpha value is -1.15. The Bertz CT molecular complexity index is 255. The number of hydrogen-bond donors (Lipinski definition) is 1. The number of hydrogen-bond acceptors (Lipinski definition) is 2. The van der Waals surface area contributed by atoms with Crippen LogP contribution in [0.3, 0.4) is 0 Å². The normalized spacial score (nSPS) is 12.5. The number of carbonyl (C=O) groups excluding carboxylic acids is 1. The zero-order valence-electron chi connectivity index (χ0n) is 6.37. The van der Waals surface area contributed by atoms with E-state index in [1.54, 1.807) is 12.1 Å². The van der Waals surface area contributed by atoms with E-state index in [4.69, 9.17) is 5.73 Å². The summed E-state index contributed by atoms with van der Waals surface area (Å²) in [5.74, 6) is 0. The highest BCUT2D eigenvalue weighted by molar-refractivity contribution is 5.77. The highest BCUT2D eigenvalue weighted by atomic mass is 16.1. The molecule has 1 atom stereocenters. The van der Waals surface area contributed by atoms with Crippen molar-refractivity contribution in [1.82, 2.24) is 0 Å². The van der Waals surface area contributed by atoms with Gasteiger partial charge in [-0.25, -0.2) is 0 Å². The van der Waals surface area contributed by atoms with Gasteiger partial charge >= 0.3 is 0 Å². The Balaban J connectivity index is 3.12. The van der Waals surface area contributed by atoms with E-state index in [1.807, 2.05) is 25.3 Å². The maximum absolute atomic E-state index is 10.4. The van der Waals surface area contributed by atoms with Crippen molar-refractivity contribution in [3.8, 4) is 0 Å². The first-order valence-electron chi connectivity index (χ1n) is 3.48. The van der Waals surface area contributed by atoms with Gasteiger partial charge in [0.05, 0.1) is 0 Å². The average molecular weight is 148 g/mol. The fourth-order valence-electron chi connectivity index (χ4n) is 0.987. The van der Waals surface area contributed by atoms with Crippen molar-refractivity contribution < 1.29 is 4.79 Å². The first-order chi connectivity index (χ1) is 5.25. The van der Waals surface area contributed by atoms with E-state index in [1.165, 1.54) is 0 Å². The number of rotatable bonds is 2. The third-order valence-corrected chi connectivity index (χ3v) is 1.56. The Morgan fingerprint density at radius 1 is 1.45 bits per heavy atom. The van der Waals surface area contributed by atoms with Gasteiger partial charge in [0.25, 0.3) is 0 Å². The standard InChI is InChI=1S/C9H10NO/c1-7(10)9-5-3-2-4-8(9)6-11/h2-5,7H,10H2,1H3. The van der Waals surface area contributed by atoms with Crippen molar-refractivity contribution in [2.75, 3.05) is 0 Å². The highest BCUT2D eigenvalue weighted by Gasteiger charge is 2.04. The Morgan fingerprint density at radius 2 is 2.09 bits per heavy atom. The smallest absolute Gasteiger partial charge is 0.233 e. The lowest BCUT2D eigenvalue weighted by atomic mass is 10.0. The summed E-state index contributed by atoms with van der Waals surface area (Å²) in [6, 6.07) is 7.11. The van der Waals surface area contributed by atoms with Gasteiger partial charge in [0.15, 0.2) is 0 Å². The van der Waals surface area contributed by atoms with Crippen LogP contribution in [-0.4, -0.2) is 6.29 Å². The van der Waals surface area contributed by atoms with Crippen molar-refractivity contribution in [2.24, 2.45) is 5.73 Å². The summed E-state index contributed by atoms with van der Waals surface area (Å²) in [4.78, 5) is 10.4. The molecule has 0 fully saturated rings. The van der Waals surface area contributed by atoms with E-state index < -0.39 is 0 Å². The zero-order valence-corrected chi connectivity index (χ0v) is 6.37. The molecule has 0 saturated heterocycles. The summed E-state index contributed by atoms with van der Waals surface area (Å²) in [6.07, 6.45) is 1.85. The largest absolute Gasteiger partial charge is 0.324 e. The summed E-state index contributed by atoms with van der Waals surface area (Å²) in [7, 11) is 0.